The number of amides is 1. The first kappa shape index (κ1) is 16.3. The van der Waals surface area contributed by atoms with Crippen LogP contribution in [0.15, 0.2) is 30.4 Å². The van der Waals surface area contributed by atoms with E-state index in [9.17, 15) is 14.7 Å². The number of hydrogen-bond donors (Lipinski definition) is 2. The SMILES string of the molecule is Cc1ccc(C)c([C@@H](C)NC(=O)[C@H]2CC=CC[C@@H]2C(=O)O)c1. The fourth-order valence-corrected chi connectivity index (χ4v) is 3.00. The van der Waals surface area contributed by atoms with Crippen molar-refractivity contribution < 1.29 is 14.7 Å². The molecule has 0 aliphatic heterocycles. The number of carbonyl (C=O) groups is 2. The Balaban J connectivity index is 2.12. The van der Waals surface area contributed by atoms with Gasteiger partial charge in [0.1, 0.15) is 0 Å². The summed E-state index contributed by atoms with van der Waals surface area (Å²) in [5, 5.41) is 12.3. The Bertz CT molecular complexity index is 606. The summed E-state index contributed by atoms with van der Waals surface area (Å²) in [6.07, 6.45) is 4.65. The van der Waals surface area contributed by atoms with E-state index in [1.54, 1.807) is 0 Å². The van der Waals surface area contributed by atoms with Gasteiger partial charge in [0.25, 0.3) is 0 Å². The van der Waals surface area contributed by atoms with E-state index in [1.807, 2.05) is 45.1 Å². The van der Waals surface area contributed by atoms with E-state index in [-0.39, 0.29) is 11.9 Å². The summed E-state index contributed by atoms with van der Waals surface area (Å²) < 4.78 is 0. The number of benzene rings is 1. The molecule has 118 valence electrons. The van der Waals surface area contributed by atoms with Gasteiger partial charge in [0, 0.05) is 0 Å². The molecule has 0 unspecified atom stereocenters. The molecule has 4 nitrogen and oxygen atoms in total. The first-order valence-corrected chi connectivity index (χ1v) is 7.65. The molecule has 1 aliphatic carbocycles. The number of allylic oxidation sites excluding steroid dienone is 2. The van der Waals surface area contributed by atoms with Crippen LogP contribution in [0.1, 0.15) is 42.5 Å². The second-order valence-electron chi connectivity index (χ2n) is 6.08. The van der Waals surface area contributed by atoms with Crippen LogP contribution in [0.4, 0.5) is 0 Å². The Labute approximate surface area is 131 Å². The van der Waals surface area contributed by atoms with Gasteiger partial charge in [-0.15, -0.1) is 0 Å². The number of hydrogen-bond acceptors (Lipinski definition) is 2. The van der Waals surface area contributed by atoms with Gasteiger partial charge in [-0.1, -0.05) is 35.9 Å². The maximum atomic E-state index is 12.5. The summed E-state index contributed by atoms with van der Waals surface area (Å²) in [5.41, 5.74) is 3.34. The summed E-state index contributed by atoms with van der Waals surface area (Å²) in [4.78, 5) is 23.8. The Hall–Kier alpha value is -2.10. The number of carbonyl (C=O) groups excluding carboxylic acids is 1. The van der Waals surface area contributed by atoms with Crippen LogP contribution in [0, 0.1) is 25.7 Å². The topological polar surface area (TPSA) is 66.4 Å². The maximum Gasteiger partial charge on any atom is 0.307 e. The van der Waals surface area contributed by atoms with Gasteiger partial charge in [-0.25, -0.2) is 0 Å². The molecule has 0 aromatic heterocycles. The van der Waals surface area contributed by atoms with Crippen LogP contribution in [0.2, 0.25) is 0 Å². The fraction of sp³-hybridized carbons (Fsp3) is 0.444. The lowest BCUT2D eigenvalue weighted by Gasteiger charge is -2.26. The Morgan fingerprint density at radius 2 is 1.82 bits per heavy atom. The van der Waals surface area contributed by atoms with Crippen molar-refractivity contribution in [2.75, 3.05) is 0 Å². The van der Waals surface area contributed by atoms with Gasteiger partial charge < -0.3 is 10.4 Å². The first-order chi connectivity index (χ1) is 10.4. The molecule has 0 fully saturated rings. The van der Waals surface area contributed by atoms with Crippen molar-refractivity contribution in [2.24, 2.45) is 11.8 Å². The number of carboxylic acids is 1. The molecular weight excluding hydrogens is 278 g/mol. The van der Waals surface area contributed by atoms with Crippen molar-refractivity contribution in [3.63, 3.8) is 0 Å². The second kappa shape index (κ2) is 6.77. The fourth-order valence-electron chi connectivity index (χ4n) is 3.00. The number of aliphatic carboxylic acids is 1. The Morgan fingerprint density at radius 3 is 2.45 bits per heavy atom. The molecule has 1 aromatic carbocycles. The Kier molecular flexibility index (Phi) is 5.01. The molecule has 2 rings (SSSR count). The highest BCUT2D eigenvalue weighted by atomic mass is 16.4. The van der Waals surface area contributed by atoms with Crippen molar-refractivity contribution >= 4 is 11.9 Å². The van der Waals surface area contributed by atoms with Crippen molar-refractivity contribution in [3.8, 4) is 0 Å². The lowest BCUT2D eigenvalue weighted by molar-refractivity contribution is -0.147. The zero-order valence-electron chi connectivity index (χ0n) is 13.3. The minimum absolute atomic E-state index is 0.132. The molecule has 0 saturated heterocycles. The second-order valence-corrected chi connectivity index (χ2v) is 6.08. The largest absolute Gasteiger partial charge is 0.481 e. The van der Waals surface area contributed by atoms with Crippen molar-refractivity contribution in [1.29, 1.82) is 0 Å². The number of carboxylic acid groups (broad SMARTS) is 1. The van der Waals surface area contributed by atoms with Gasteiger partial charge in [0.05, 0.1) is 17.9 Å². The zero-order chi connectivity index (χ0) is 16.3. The maximum absolute atomic E-state index is 12.5. The molecule has 1 amide bonds. The normalized spacial score (nSPS) is 22.1. The summed E-state index contributed by atoms with van der Waals surface area (Å²) in [7, 11) is 0. The molecular formula is C18H23NO3. The third kappa shape index (κ3) is 3.56. The van der Waals surface area contributed by atoms with E-state index in [0.717, 1.165) is 16.7 Å². The van der Waals surface area contributed by atoms with Crippen LogP contribution >= 0.6 is 0 Å². The standard InChI is InChI=1S/C18H23NO3/c1-11-8-9-12(2)16(10-11)13(3)19-17(20)14-6-4-5-7-15(14)18(21)22/h4-5,8-10,13-15H,6-7H2,1-3H3,(H,19,20)(H,21,22)/t13-,14+,15+/m1/s1. The molecule has 3 atom stereocenters. The van der Waals surface area contributed by atoms with Crippen molar-refractivity contribution in [3.05, 3.63) is 47.0 Å². The smallest absolute Gasteiger partial charge is 0.307 e. The molecule has 1 aromatic rings. The van der Waals surface area contributed by atoms with Gasteiger partial charge in [0.2, 0.25) is 5.91 Å². The minimum atomic E-state index is -0.899. The van der Waals surface area contributed by atoms with E-state index in [0.29, 0.717) is 12.8 Å². The highest BCUT2D eigenvalue weighted by molar-refractivity contribution is 5.85. The van der Waals surface area contributed by atoms with Gasteiger partial charge in [-0.2, -0.15) is 0 Å². The predicted molar refractivity (Wildman–Crippen MR) is 85.5 cm³/mol. The molecule has 0 saturated carbocycles. The van der Waals surface area contributed by atoms with Crippen LogP contribution < -0.4 is 5.32 Å². The molecule has 2 N–H and O–H groups in total. The summed E-state index contributed by atoms with van der Waals surface area (Å²) in [6.45, 7) is 5.97. The third-order valence-corrected chi connectivity index (χ3v) is 4.35. The van der Waals surface area contributed by atoms with E-state index in [1.165, 1.54) is 0 Å². The third-order valence-electron chi connectivity index (χ3n) is 4.35. The van der Waals surface area contributed by atoms with Crippen LogP contribution in [0.3, 0.4) is 0 Å². The average Bonchev–Trinajstić information content (AvgIpc) is 2.49. The van der Waals surface area contributed by atoms with Crippen molar-refractivity contribution in [2.45, 2.75) is 39.7 Å². The predicted octanol–water partition coefficient (Wildman–Crippen LogP) is 3.15. The molecule has 0 heterocycles. The minimum Gasteiger partial charge on any atom is -0.481 e. The number of rotatable bonds is 4. The Morgan fingerprint density at radius 1 is 1.18 bits per heavy atom. The van der Waals surface area contributed by atoms with Crippen LogP contribution in [0.5, 0.6) is 0 Å². The highest BCUT2D eigenvalue weighted by Crippen LogP contribution is 2.27. The lowest BCUT2D eigenvalue weighted by atomic mass is 9.82. The highest BCUT2D eigenvalue weighted by Gasteiger charge is 2.34. The number of aryl methyl sites for hydroxylation is 2. The van der Waals surface area contributed by atoms with E-state index < -0.39 is 17.8 Å². The van der Waals surface area contributed by atoms with Gasteiger partial charge in [-0.3, -0.25) is 9.59 Å². The van der Waals surface area contributed by atoms with E-state index >= 15 is 0 Å². The quantitative estimate of drug-likeness (QED) is 0.840. The van der Waals surface area contributed by atoms with Crippen LogP contribution in [-0.4, -0.2) is 17.0 Å². The first-order valence-electron chi connectivity index (χ1n) is 7.65. The molecule has 0 bridgehead atoms. The summed E-state index contributed by atoms with van der Waals surface area (Å²) in [6, 6.07) is 6.01. The summed E-state index contributed by atoms with van der Waals surface area (Å²) in [5.74, 6) is -2.19. The van der Waals surface area contributed by atoms with Gasteiger partial charge in [-0.05, 0) is 44.7 Å². The van der Waals surface area contributed by atoms with Gasteiger partial charge >= 0.3 is 5.97 Å². The molecule has 1 aliphatic rings. The number of nitrogens with one attached hydrogen (secondary N) is 1. The van der Waals surface area contributed by atoms with Crippen LogP contribution in [-0.2, 0) is 9.59 Å². The molecule has 0 spiro atoms. The van der Waals surface area contributed by atoms with Crippen LogP contribution in [0.25, 0.3) is 0 Å². The molecule has 22 heavy (non-hydrogen) atoms. The van der Waals surface area contributed by atoms with Crippen molar-refractivity contribution in [1.82, 2.24) is 5.32 Å². The van der Waals surface area contributed by atoms with E-state index in [2.05, 4.69) is 11.4 Å². The van der Waals surface area contributed by atoms with Gasteiger partial charge in [0.15, 0.2) is 0 Å². The zero-order valence-corrected chi connectivity index (χ0v) is 13.3. The molecule has 0 radical (unpaired) electrons. The summed E-state index contributed by atoms with van der Waals surface area (Å²) >= 11 is 0. The molecule has 4 heteroatoms. The van der Waals surface area contributed by atoms with E-state index in [4.69, 9.17) is 0 Å². The average molecular weight is 301 g/mol. The monoisotopic (exact) mass is 301 g/mol. The lowest BCUT2D eigenvalue weighted by Crippen LogP contribution is -2.39.